The van der Waals surface area contributed by atoms with Crippen molar-refractivity contribution in [1.29, 1.82) is 0 Å². The molecule has 0 aliphatic heterocycles. The van der Waals surface area contributed by atoms with E-state index in [1.165, 1.54) is 0 Å². The van der Waals surface area contributed by atoms with E-state index >= 15 is 0 Å². The molecule has 1 atom stereocenters. The van der Waals surface area contributed by atoms with Crippen molar-refractivity contribution in [1.82, 2.24) is 4.98 Å². The van der Waals surface area contributed by atoms with Crippen LogP contribution >= 0.6 is 0 Å². The third-order valence-electron chi connectivity index (χ3n) is 5.60. The second kappa shape index (κ2) is 8.66. The van der Waals surface area contributed by atoms with Crippen molar-refractivity contribution in [3.8, 4) is 0 Å². The van der Waals surface area contributed by atoms with Gasteiger partial charge >= 0.3 is 5.97 Å². The van der Waals surface area contributed by atoms with Crippen molar-refractivity contribution >= 4 is 28.5 Å². The Hall–Kier alpha value is -3.21. The van der Waals surface area contributed by atoms with Gasteiger partial charge in [-0.2, -0.15) is 0 Å². The number of aryl methyl sites for hydroxylation is 2. The molecule has 0 saturated heterocycles. The number of amides is 1. The van der Waals surface area contributed by atoms with Crippen LogP contribution in [0.4, 0.5) is 5.69 Å². The molecule has 2 aromatic carbocycles. The molecular formula is C25H26N2O3. The number of ether oxygens (including phenoxy) is 1. The molecule has 3 aromatic rings. The number of nitrogens with one attached hydrogen (secondary N) is 1. The molecule has 30 heavy (non-hydrogen) atoms. The van der Waals surface area contributed by atoms with Gasteiger partial charge in [0.05, 0.1) is 11.1 Å². The zero-order chi connectivity index (χ0) is 21.1. The quantitative estimate of drug-likeness (QED) is 0.493. The highest BCUT2D eigenvalue weighted by atomic mass is 16.5. The number of hydrogen-bond donors (Lipinski definition) is 1. The molecule has 1 aliphatic rings. The predicted molar refractivity (Wildman–Crippen MR) is 118 cm³/mol. The average Bonchev–Trinajstić information content (AvgIpc) is 2.98. The summed E-state index contributed by atoms with van der Waals surface area (Å²) < 4.78 is 5.63. The first-order valence-electron chi connectivity index (χ1n) is 10.5. The van der Waals surface area contributed by atoms with E-state index < -0.39 is 12.1 Å². The minimum Gasteiger partial charge on any atom is -0.449 e. The molecule has 1 amide bonds. The molecule has 4 rings (SSSR count). The lowest BCUT2D eigenvalue weighted by Crippen LogP contribution is -2.30. The van der Waals surface area contributed by atoms with E-state index in [2.05, 4.69) is 5.32 Å². The van der Waals surface area contributed by atoms with Gasteiger partial charge in [0.2, 0.25) is 0 Å². The number of rotatable bonds is 4. The molecular weight excluding hydrogens is 376 g/mol. The van der Waals surface area contributed by atoms with Gasteiger partial charge in [-0.15, -0.1) is 0 Å². The first kappa shape index (κ1) is 20.1. The molecule has 0 unspecified atom stereocenters. The van der Waals surface area contributed by atoms with E-state index in [4.69, 9.17) is 9.72 Å². The van der Waals surface area contributed by atoms with Crippen LogP contribution in [0.1, 0.15) is 53.4 Å². The lowest BCUT2D eigenvalue weighted by atomic mass is 9.97. The van der Waals surface area contributed by atoms with Crippen LogP contribution in [0.2, 0.25) is 0 Å². The lowest BCUT2D eigenvalue weighted by Gasteiger charge is -2.18. The minimum atomic E-state index is -0.910. The summed E-state index contributed by atoms with van der Waals surface area (Å²) in [5.41, 5.74) is 5.10. The SMILES string of the molecule is Cc1ccc(NC(=O)[C@H](C)OC(=O)c2c3c(nc4ccccc24)CCCCC3)cc1. The number of fused-ring (bicyclic) bond motifs is 2. The van der Waals surface area contributed by atoms with Crippen LogP contribution in [0.15, 0.2) is 48.5 Å². The molecule has 0 bridgehead atoms. The predicted octanol–water partition coefficient (Wildman–Crippen LogP) is 5.00. The van der Waals surface area contributed by atoms with Gasteiger partial charge in [0.15, 0.2) is 6.10 Å². The highest BCUT2D eigenvalue weighted by molar-refractivity contribution is 6.06. The molecule has 5 heteroatoms. The Kier molecular flexibility index (Phi) is 5.79. The molecule has 1 aliphatic carbocycles. The van der Waals surface area contributed by atoms with Crippen LogP contribution in [0.25, 0.3) is 10.9 Å². The van der Waals surface area contributed by atoms with Gasteiger partial charge in [0, 0.05) is 16.8 Å². The number of esters is 1. The highest BCUT2D eigenvalue weighted by Gasteiger charge is 2.26. The van der Waals surface area contributed by atoms with E-state index in [1.807, 2.05) is 55.5 Å². The van der Waals surface area contributed by atoms with Crippen LogP contribution in [0, 0.1) is 6.92 Å². The van der Waals surface area contributed by atoms with E-state index in [1.54, 1.807) is 6.92 Å². The Morgan fingerprint density at radius 1 is 1.00 bits per heavy atom. The van der Waals surface area contributed by atoms with Gasteiger partial charge in [-0.25, -0.2) is 4.79 Å². The molecule has 1 N–H and O–H groups in total. The molecule has 0 spiro atoms. The van der Waals surface area contributed by atoms with Gasteiger partial charge < -0.3 is 10.1 Å². The molecule has 0 radical (unpaired) electrons. The summed E-state index contributed by atoms with van der Waals surface area (Å²) in [6.07, 6.45) is 3.98. The first-order chi connectivity index (χ1) is 14.5. The van der Waals surface area contributed by atoms with Gasteiger partial charge in [-0.1, -0.05) is 42.3 Å². The largest absolute Gasteiger partial charge is 0.449 e. The fraction of sp³-hybridized carbons (Fsp3) is 0.320. The van der Waals surface area contributed by atoms with Gasteiger partial charge in [-0.05, 0) is 63.3 Å². The lowest BCUT2D eigenvalue weighted by molar-refractivity contribution is -0.123. The van der Waals surface area contributed by atoms with E-state index in [9.17, 15) is 9.59 Å². The number of anilines is 1. The highest BCUT2D eigenvalue weighted by Crippen LogP contribution is 2.29. The average molecular weight is 402 g/mol. The fourth-order valence-electron chi connectivity index (χ4n) is 3.94. The Labute approximate surface area is 176 Å². The van der Waals surface area contributed by atoms with Crippen LogP contribution in [0.3, 0.4) is 0 Å². The molecule has 1 heterocycles. The van der Waals surface area contributed by atoms with E-state index in [0.717, 1.165) is 59.8 Å². The number of aromatic nitrogens is 1. The van der Waals surface area contributed by atoms with Crippen molar-refractivity contribution in [2.75, 3.05) is 5.32 Å². The summed E-state index contributed by atoms with van der Waals surface area (Å²) in [6.45, 7) is 3.58. The molecule has 1 aromatic heterocycles. The number of pyridine rings is 1. The number of carbonyl (C=O) groups is 2. The van der Waals surface area contributed by atoms with Gasteiger partial charge in [-0.3, -0.25) is 9.78 Å². The fourth-order valence-corrected chi connectivity index (χ4v) is 3.94. The third kappa shape index (κ3) is 4.20. The maximum absolute atomic E-state index is 13.2. The number of nitrogens with zero attached hydrogens (tertiary/aromatic N) is 1. The minimum absolute atomic E-state index is 0.350. The van der Waals surface area contributed by atoms with Crippen molar-refractivity contribution in [3.63, 3.8) is 0 Å². The zero-order valence-electron chi connectivity index (χ0n) is 17.4. The molecule has 5 nitrogen and oxygen atoms in total. The zero-order valence-corrected chi connectivity index (χ0v) is 17.4. The molecule has 0 fully saturated rings. The van der Waals surface area contributed by atoms with E-state index in [0.29, 0.717) is 11.3 Å². The van der Waals surface area contributed by atoms with Crippen LogP contribution in [-0.2, 0) is 22.4 Å². The Morgan fingerprint density at radius 3 is 2.53 bits per heavy atom. The Morgan fingerprint density at radius 2 is 1.73 bits per heavy atom. The summed E-state index contributed by atoms with van der Waals surface area (Å²) in [5, 5.41) is 3.59. The van der Waals surface area contributed by atoms with Gasteiger partial charge in [0.25, 0.3) is 5.91 Å². The summed E-state index contributed by atoms with van der Waals surface area (Å²) in [7, 11) is 0. The van der Waals surface area contributed by atoms with Crippen molar-refractivity contribution < 1.29 is 14.3 Å². The Balaban J connectivity index is 1.60. The summed E-state index contributed by atoms with van der Waals surface area (Å²) in [4.78, 5) is 30.6. The van der Waals surface area contributed by atoms with Crippen LogP contribution in [-0.4, -0.2) is 23.0 Å². The molecule has 0 saturated carbocycles. The van der Waals surface area contributed by atoms with Gasteiger partial charge in [0.1, 0.15) is 0 Å². The molecule has 154 valence electrons. The summed E-state index contributed by atoms with van der Waals surface area (Å²) in [5.74, 6) is -0.810. The van der Waals surface area contributed by atoms with E-state index in [-0.39, 0.29) is 5.91 Å². The van der Waals surface area contributed by atoms with Crippen LogP contribution in [0.5, 0.6) is 0 Å². The second-order valence-corrected chi connectivity index (χ2v) is 7.89. The number of para-hydroxylation sites is 1. The number of carbonyl (C=O) groups excluding carboxylic acids is 2. The standard InChI is InChI=1S/C25H26N2O3/c1-16-12-14-18(15-13-16)26-24(28)17(2)30-25(29)23-19-8-4-3-5-10-21(19)27-22-11-7-6-9-20(22)23/h6-7,9,11-15,17H,3-5,8,10H2,1-2H3,(H,26,28)/t17-/m0/s1. The first-order valence-corrected chi connectivity index (χ1v) is 10.5. The number of benzene rings is 2. The van der Waals surface area contributed by atoms with Crippen LogP contribution < -0.4 is 5.32 Å². The second-order valence-electron chi connectivity index (χ2n) is 7.89. The third-order valence-corrected chi connectivity index (χ3v) is 5.60. The van der Waals surface area contributed by atoms with Crippen molar-refractivity contribution in [3.05, 3.63) is 70.9 Å². The number of hydrogen-bond acceptors (Lipinski definition) is 4. The van der Waals surface area contributed by atoms with Crippen molar-refractivity contribution in [2.24, 2.45) is 0 Å². The summed E-state index contributed by atoms with van der Waals surface area (Å²) >= 11 is 0. The Bertz CT molecular complexity index is 1090. The topological polar surface area (TPSA) is 68.3 Å². The summed E-state index contributed by atoms with van der Waals surface area (Å²) in [6, 6.07) is 15.2. The monoisotopic (exact) mass is 402 g/mol. The maximum Gasteiger partial charge on any atom is 0.339 e. The smallest absolute Gasteiger partial charge is 0.339 e. The maximum atomic E-state index is 13.2. The normalized spacial score (nSPS) is 14.5. The van der Waals surface area contributed by atoms with Crippen molar-refractivity contribution in [2.45, 2.75) is 52.1 Å².